The van der Waals surface area contributed by atoms with E-state index in [-0.39, 0.29) is 24.4 Å². The van der Waals surface area contributed by atoms with Crippen LogP contribution in [-0.4, -0.2) is 43.0 Å². The number of carbonyl (C=O) groups excluding carboxylic acids is 2. The van der Waals surface area contributed by atoms with Gasteiger partial charge in [0.05, 0.1) is 12.8 Å². The van der Waals surface area contributed by atoms with Crippen LogP contribution in [0, 0.1) is 6.92 Å². The lowest BCUT2D eigenvalue weighted by molar-refractivity contribution is -0.121. The van der Waals surface area contributed by atoms with Crippen molar-refractivity contribution in [2.45, 2.75) is 19.9 Å². The zero-order valence-corrected chi connectivity index (χ0v) is 15.8. The van der Waals surface area contributed by atoms with Crippen LogP contribution in [0.25, 0.3) is 0 Å². The highest BCUT2D eigenvalue weighted by atomic mass is 35.5. The lowest BCUT2D eigenvalue weighted by atomic mass is 10.1. The normalized spacial score (nSPS) is 17.4. The number of para-hydroxylation sites is 2. The topological polar surface area (TPSA) is 49.9 Å². The first-order chi connectivity index (χ1) is 12.4. The lowest BCUT2D eigenvalue weighted by Gasteiger charge is -2.39. The van der Waals surface area contributed by atoms with Crippen molar-refractivity contribution >= 4 is 29.1 Å². The molecule has 0 N–H and O–H groups in total. The van der Waals surface area contributed by atoms with Crippen molar-refractivity contribution in [1.82, 2.24) is 4.90 Å². The predicted molar refractivity (Wildman–Crippen MR) is 102 cm³/mol. The second kappa shape index (κ2) is 7.38. The Kier molecular flexibility index (Phi) is 5.18. The molecule has 3 rings (SSSR count). The second-order valence-corrected chi connectivity index (χ2v) is 6.83. The summed E-state index contributed by atoms with van der Waals surface area (Å²) in [6, 6.07) is 12.4. The van der Waals surface area contributed by atoms with E-state index in [1.54, 1.807) is 35.1 Å². The van der Waals surface area contributed by atoms with Gasteiger partial charge in [0, 0.05) is 23.2 Å². The molecular formula is C20H21ClN2O3. The summed E-state index contributed by atoms with van der Waals surface area (Å²) in [6.45, 7) is 4.24. The minimum absolute atomic E-state index is 0.0275. The molecule has 26 heavy (non-hydrogen) atoms. The number of piperazine rings is 1. The standard InChI is InChI=1S/C20H21ClN2O3/c1-13-10-15(8-9-16(13)21)20(25)22-12-19(24)23(11-14(22)2)17-6-4-5-7-18(17)26-3/h4-10,14H,11-12H2,1-3H3/t14-/m0/s1. The first kappa shape index (κ1) is 18.3. The number of aryl methyl sites for hydroxylation is 1. The van der Waals surface area contributed by atoms with Crippen LogP contribution in [0.2, 0.25) is 5.02 Å². The molecule has 2 amide bonds. The molecule has 2 aromatic rings. The second-order valence-electron chi connectivity index (χ2n) is 6.42. The number of anilines is 1. The average molecular weight is 373 g/mol. The molecule has 2 aromatic carbocycles. The molecule has 0 aromatic heterocycles. The van der Waals surface area contributed by atoms with E-state index in [1.165, 1.54) is 0 Å². The van der Waals surface area contributed by atoms with Crippen LogP contribution in [0.1, 0.15) is 22.8 Å². The van der Waals surface area contributed by atoms with Gasteiger partial charge in [0.1, 0.15) is 12.3 Å². The highest BCUT2D eigenvalue weighted by molar-refractivity contribution is 6.31. The maximum absolute atomic E-state index is 12.9. The van der Waals surface area contributed by atoms with Crippen LogP contribution >= 0.6 is 11.6 Å². The highest BCUT2D eigenvalue weighted by Gasteiger charge is 2.34. The largest absolute Gasteiger partial charge is 0.495 e. The molecule has 6 heteroatoms. The fourth-order valence-corrected chi connectivity index (χ4v) is 3.27. The Bertz CT molecular complexity index is 853. The minimum Gasteiger partial charge on any atom is -0.495 e. The van der Waals surface area contributed by atoms with Crippen LogP contribution in [0.4, 0.5) is 5.69 Å². The third kappa shape index (κ3) is 3.40. The highest BCUT2D eigenvalue weighted by Crippen LogP contribution is 2.30. The van der Waals surface area contributed by atoms with Crippen LogP contribution in [0.3, 0.4) is 0 Å². The van der Waals surface area contributed by atoms with Gasteiger partial charge in [-0.1, -0.05) is 23.7 Å². The van der Waals surface area contributed by atoms with E-state index < -0.39 is 0 Å². The third-order valence-corrected chi connectivity index (χ3v) is 5.05. The quantitative estimate of drug-likeness (QED) is 0.828. The van der Waals surface area contributed by atoms with Gasteiger partial charge in [0.25, 0.3) is 5.91 Å². The first-order valence-corrected chi connectivity index (χ1v) is 8.80. The Morgan fingerprint density at radius 3 is 2.65 bits per heavy atom. The van der Waals surface area contributed by atoms with Crippen molar-refractivity contribution < 1.29 is 14.3 Å². The van der Waals surface area contributed by atoms with Gasteiger partial charge >= 0.3 is 0 Å². The smallest absolute Gasteiger partial charge is 0.254 e. The van der Waals surface area contributed by atoms with E-state index in [1.807, 2.05) is 38.1 Å². The summed E-state index contributed by atoms with van der Waals surface area (Å²) in [5.41, 5.74) is 2.10. The summed E-state index contributed by atoms with van der Waals surface area (Å²) in [4.78, 5) is 28.9. The number of amides is 2. The number of nitrogens with zero attached hydrogens (tertiary/aromatic N) is 2. The molecule has 1 aliphatic heterocycles. The summed E-state index contributed by atoms with van der Waals surface area (Å²) in [5.74, 6) is 0.345. The van der Waals surface area contributed by atoms with Crippen molar-refractivity contribution in [1.29, 1.82) is 0 Å². The molecule has 5 nitrogen and oxygen atoms in total. The van der Waals surface area contributed by atoms with Gasteiger partial charge in [-0.25, -0.2) is 0 Å². The fourth-order valence-electron chi connectivity index (χ4n) is 3.15. The number of methoxy groups -OCH3 is 1. The monoisotopic (exact) mass is 372 g/mol. The van der Waals surface area contributed by atoms with Gasteiger partial charge in [-0.3, -0.25) is 9.59 Å². The SMILES string of the molecule is COc1ccccc1N1C[C@H](C)N(C(=O)c2ccc(Cl)c(C)c2)CC1=O. The molecule has 1 heterocycles. The number of ether oxygens (including phenoxy) is 1. The molecule has 0 aliphatic carbocycles. The molecule has 0 saturated carbocycles. The number of rotatable bonds is 3. The number of hydrogen-bond donors (Lipinski definition) is 0. The molecule has 0 spiro atoms. The van der Waals surface area contributed by atoms with Crippen molar-refractivity contribution in [2.24, 2.45) is 0 Å². The van der Waals surface area contributed by atoms with E-state index >= 15 is 0 Å². The molecule has 0 bridgehead atoms. The number of carbonyl (C=O) groups is 2. The zero-order valence-electron chi connectivity index (χ0n) is 15.0. The Balaban J connectivity index is 1.83. The summed E-state index contributed by atoms with van der Waals surface area (Å²) < 4.78 is 5.36. The lowest BCUT2D eigenvalue weighted by Crippen LogP contribution is -2.57. The van der Waals surface area contributed by atoms with E-state index in [9.17, 15) is 9.59 Å². The predicted octanol–water partition coefficient (Wildman–Crippen LogP) is 3.53. The van der Waals surface area contributed by atoms with E-state index in [4.69, 9.17) is 16.3 Å². The molecule has 1 atom stereocenters. The average Bonchev–Trinajstić information content (AvgIpc) is 2.65. The van der Waals surface area contributed by atoms with Crippen LogP contribution in [-0.2, 0) is 4.79 Å². The van der Waals surface area contributed by atoms with Gasteiger partial charge in [-0.05, 0) is 49.7 Å². The van der Waals surface area contributed by atoms with Crippen molar-refractivity contribution in [3.63, 3.8) is 0 Å². The van der Waals surface area contributed by atoms with Crippen molar-refractivity contribution in [3.8, 4) is 5.75 Å². The molecular weight excluding hydrogens is 352 g/mol. The first-order valence-electron chi connectivity index (χ1n) is 8.43. The zero-order chi connectivity index (χ0) is 18.8. The van der Waals surface area contributed by atoms with E-state index in [0.29, 0.717) is 22.9 Å². The Morgan fingerprint density at radius 1 is 1.23 bits per heavy atom. The van der Waals surface area contributed by atoms with Crippen LogP contribution < -0.4 is 9.64 Å². The Labute approximate surface area is 158 Å². The number of benzene rings is 2. The molecule has 0 unspecified atom stereocenters. The number of hydrogen-bond acceptors (Lipinski definition) is 3. The van der Waals surface area contributed by atoms with E-state index in [2.05, 4.69) is 0 Å². The summed E-state index contributed by atoms with van der Waals surface area (Å²) in [5, 5.41) is 0.617. The summed E-state index contributed by atoms with van der Waals surface area (Å²) in [7, 11) is 1.58. The van der Waals surface area contributed by atoms with Crippen LogP contribution in [0.15, 0.2) is 42.5 Å². The van der Waals surface area contributed by atoms with Gasteiger partial charge in [0.15, 0.2) is 0 Å². The summed E-state index contributed by atoms with van der Waals surface area (Å²) in [6.07, 6.45) is 0. The molecule has 1 fully saturated rings. The van der Waals surface area contributed by atoms with Gasteiger partial charge in [-0.2, -0.15) is 0 Å². The minimum atomic E-state index is -0.162. The number of halogens is 1. The van der Waals surface area contributed by atoms with Crippen LogP contribution in [0.5, 0.6) is 5.75 Å². The van der Waals surface area contributed by atoms with E-state index in [0.717, 1.165) is 11.3 Å². The van der Waals surface area contributed by atoms with Gasteiger partial charge < -0.3 is 14.5 Å². The van der Waals surface area contributed by atoms with Crippen molar-refractivity contribution in [3.05, 3.63) is 58.6 Å². The van der Waals surface area contributed by atoms with Crippen molar-refractivity contribution in [2.75, 3.05) is 25.1 Å². The molecule has 0 radical (unpaired) electrons. The Hall–Kier alpha value is -2.53. The maximum Gasteiger partial charge on any atom is 0.254 e. The molecule has 136 valence electrons. The summed E-state index contributed by atoms with van der Waals surface area (Å²) >= 11 is 6.04. The molecule has 1 aliphatic rings. The maximum atomic E-state index is 12.9. The Morgan fingerprint density at radius 2 is 1.96 bits per heavy atom. The van der Waals surface area contributed by atoms with Gasteiger partial charge in [0.2, 0.25) is 5.91 Å². The van der Waals surface area contributed by atoms with Gasteiger partial charge in [-0.15, -0.1) is 0 Å². The molecule has 1 saturated heterocycles. The third-order valence-electron chi connectivity index (χ3n) is 4.63. The fraction of sp³-hybridized carbons (Fsp3) is 0.300.